The van der Waals surface area contributed by atoms with Crippen LogP contribution in [-0.4, -0.2) is 54.1 Å². The Labute approximate surface area is 817 Å². The number of aryl methyl sites for hydroxylation is 8. The number of aliphatic hydroxyl groups is 2. The molecular weight excluding hydrogens is 1990 g/mol. The minimum absolute atomic E-state index is 0. The molecule has 14 rings (SSSR count). The predicted octanol–water partition coefficient (Wildman–Crippen LogP) is 33.1. The first kappa shape index (κ1) is 92.5. The molecule has 130 heavy (non-hydrogen) atoms. The van der Waals surface area contributed by atoms with Crippen LogP contribution in [0.5, 0.6) is 0 Å². The maximum Gasteiger partial charge on any atom is 0.389 e. The Morgan fingerprint density at radius 2 is 0.646 bits per heavy atom. The molecule has 4 heterocycles. The van der Waals surface area contributed by atoms with Crippen molar-refractivity contribution in [3.8, 4) is 45.0 Å². The Kier molecular flexibility index (Phi) is 37.6. The molecule has 0 amide bonds. The van der Waals surface area contributed by atoms with Crippen LogP contribution in [0.4, 0.5) is 26.3 Å². The van der Waals surface area contributed by atoms with Gasteiger partial charge in [-0.05, 0) is 193 Å². The van der Waals surface area contributed by atoms with E-state index in [2.05, 4.69) is 96.2 Å². The van der Waals surface area contributed by atoms with Gasteiger partial charge in [0.15, 0.2) is 11.6 Å². The molecule has 4 aromatic heterocycles. The quantitative estimate of drug-likeness (QED) is 0.0265. The van der Waals surface area contributed by atoms with Crippen molar-refractivity contribution >= 4 is 54.7 Å². The van der Waals surface area contributed by atoms with Gasteiger partial charge in [-0.2, -0.15) is 26.3 Å². The third-order valence-corrected chi connectivity index (χ3v) is 23.4. The van der Waals surface area contributed by atoms with Crippen LogP contribution in [0, 0.1) is 115 Å². The molecule has 702 valence electrons. The van der Waals surface area contributed by atoms with Gasteiger partial charge in [-0.1, -0.05) is 264 Å². The molecule has 2 saturated carbocycles. The number of aromatic nitrogens is 4. The third kappa shape index (κ3) is 33.2. The Balaban J connectivity index is 0.000000301. The SMILES string of the molecule is C.C.CCC(CC)C(=O)C=C(O)C(CC)CC(F)(F)F.CCC(CC)C(=O)C=C(O)C(CC)CC(F)(F)F.[2H]c1nc(-c2[c-]c(C)cc(C)c2[2H])c2ccc(C(C)C)cc2c1[2H].[2H]c1nc(-c2[c-]c(C)cc(C)c2[2H])c2ccc(C(C)C)cc2c1[2H].[2H]c1nc(-c2[c-]c(C)cc(C)c2[2H])c2ccc(CC3CCCC3)cc2c1[2H].[2H]c1nc(-c2[c-]c(C)cc(C)c2[2H])c2ccc(CC3CCCC3)cc2c1[2H].[Ir].[Ir]. The zero-order valence-corrected chi connectivity index (χ0v) is 82.0. The van der Waals surface area contributed by atoms with E-state index < -0.39 is 48.5 Å². The van der Waals surface area contributed by atoms with Crippen LogP contribution in [0.3, 0.4) is 0 Å². The molecule has 2 N–H and O–H groups in total. The van der Waals surface area contributed by atoms with E-state index in [1.165, 1.54) is 62.5 Å². The average Bonchev–Trinajstić information content (AvgIpc) is 0.774. The summed E-state index contributed by atoms with van der Waals surface area (Å²) in [5.74, 6) is -1.83. The van der Waals surface area contributed by atoms with Crippen molar-refractivity contribution in [2.45, 2.75) is 279 Å². The Hall–Kier alpha value is -9.30. The number of benzene rings is 8. The Bertz CT molecular complexity index is 6070. The van der Waals surface area contributed by atoms with E-state index in [1.54, 1.807) is 13.8 Å². The number of hydrogen-bond donors (Lipinski definition) is 2. The zero-order valence-electron chi connectivity index (χ0n) is 89.2. The largest absolute Gasteiger partial charge is 0.512 e. The van der Waals surface area contributed by atoms with Gasteiger partial charge >= 0.3 is 12.4 Å². The molecule has 0 spiro atoms. The van der Waals surface area contributed by atoms with Gasteiger partial charge in [-0.25, -0.2) is 0 Å². The summed E-state index contributed by atoms with van der Waals surface area (Å²) in [5, 5.41) is 25.5. The van der Waals surface area contributed by atoms with Crippen molar-refractivity contribution in [2.75, 3.05) is 0 Å². The molecule has 2 fully saturated rings. The van der Waals surface area contributed by atoms with Gasteiger partial charge in [-0.3, -0.25) is 9.59 Å². The number of halogens is 6. The minimum Gasteiger partial charge on any atom is -0.512 e. The topological polar surface area (TPSA) is 126 Å². The van der Waals surface area contributed by atoms with Gasteiger partial charge < -0.3 is 30.1 Å². The number of hydrogen-bond acceptors (Lipinski definition) is 8. The monoisotopic (exact) mass is 2140 g/mol. The number of ketones is 2. The van der Waals surface area contributed by atoms with Crippen LogP contribution in [0.1, 0.15) is 282 Å². The van der Waals surface area contributed by atoms with Crippen molar-refractivity contribution in [3.05, 3.63) is 285 Å². The minimum atomic E-state index is -4.33. The van der Waals surface area contributed by atoms with E-state index in [0.29, 0.717) is 117 Å². The number of alkyl halides is 6. The van der Waals surface area contributed by atoms with Crippen LogP contribution < -0.4 is 0 Å². The number of rotatable bonds is 24. The molecule has 2 radical (unpaired) electrons. The first-order valence-electron chi connectivity index (χ1n) is 50.6. The molecule has 12 aromatic rings. The molecule has 16 heteroatoms. The molecule has 0 aliphatic heterocycles. The van der Waals surface area contributed by atoms with Gasteiger partial charge in [0, 0.05) is 101 Å². The summed E-state index contributed by atoms with van der Waals surface area (Å²) in [4.78, 5) is 40.8. The molecule has 2 atom stereocenters. The molecule has 2 unspecified atom stereocenters. The summed E-state index contributed by atoms with van der Waals surface area (Å²) < 4.78 is 173. The normalized spacial score (nSPS) is 14.7. The smallest absolute Gasteiger partial charge is 0.389 e. The molecule has 2 aliphatic carbocycles. The average molecular weight is 2140 g/mol. The summed E-state index contributed by atoms with van der Waals surface area (Å²) in [6, 6.07) is 47.1. The Morgan fingerprint density at radius 1 is 0.400 bits per heavy atom. The molecule has 2 aliphatic rings. The van der Waals surface area contributed by atoms with Crippen molar-refractivity contribution < 1.29 is 103 Å². The fourth-order valence-electron chi connectivity index (χ4n) is 16.6. The van der Waals surface area contributed by atoms with Gasteiger partial charge in [0.2, 0.25) is 0 Å². The summed E-state index contributed by atoms with van der Waals surface area (Å²) in [6.07, 6.45) is 6.18. The second-order valence-corrected chi connectivity index (χ2v) is 34.5. The number of carbonyl (C=O) groups is 2. The van der Waals surface area contributed by atoms with Crippen LogP contribution in [-0.2, 0) is 62.6 Å². The van der Waals surface area contributed by atoms with Crippen molar-refractivity contribution in [2.24, 2.45) is 35.5 Å². The fraction of sp³-hybridized carbons (Fsp3) is 0.421. The predicted molar refractivity (Wildman–Crippen MR) is 523 cm³/mol. The number of nitrogens with zero attached hydrogens (tertiary/aromatic N) is 4. The number of fused-ring (bicyclic) bond motifs is 4. The van der Waals surface area contributed by atoms with Crippen LogP contribution >= 0.6 is 0 Å². The summed E-state index contributed by atoms with van der Waals surface area (Å²) in [6.45, 7) is 34.3. The summed E-state index contributed by atoms with van der Waals surface area (Å²) in [5.41, 5.74) is 16.7. The van der Waals surface area contributed by atoms with E-state index in [-0.39, 0.29) is 140 Å². The molecule has 0 bridgehead atoms. The maximum absolute atomic E-state index is 12.3. The molecular formula is C114H138F6Ir2N4O4-4. The molecule has 8 nitrogen and oxygen atoms in total. The van der Waals surface area contributed by atoms with E-state index in [4.69, 9.17) is 16.4 Å². The van der Waals surface area contributed by atoms with Crippen molar-refractivity contribution in [1.29, 1.82) is 0 Å². The van der Waals surface area contributed by atoms with Crippen molar-refractivity contribution in [1.82, 2.24) is 19.9 Å². The van der Waals surface area contributed by atoms with Gasteiger partial charge in [0.1, 0.15) is 0 Å². The van der Waals surface area contributed by atoms with Crippen LogP contribution in [0.25, 0.3) is 88.1 Å². The molecule has 8 aromatic carbocycles. The molecule has 0 saturated heterocycles. The van der Waals surface area contributed by atoms with Gasteiger partial charge in [0.25, 0.3) is 0 Å². The standard InChI is InChI=1S/2C23H24N.2C20H20N.2C13H21F3O2.2CH4.2Ir/c2*1-16-11-17(2)13-21(12-16)23-22-8-7-19(14-18-5-3-4-6-18)15-20(22)9-10-24-23;2*1-13(2)16-5-6-19-17(12-16)7-8-21-20(19)18-10-14(3)9-15(4)11-18;2*1-4-9(5-2)11(17)7-12(18)10(6-3)8-13(14,15)16;;;;/h2*7-12,15,18H,3-6,14H2,1-2H3;2*5-10,12-13H,1-4H3;2*7,9-10,18H,4-6,8H2,1-3H3;2*1H4;;/q4*-1;;;;;;/i2*9D,10D,12D;2*7D,8D,10D;;;;;;. The fourth-order valence-corrected chi connectivity index (χ4v) is 16.6. The van der Waals surface area contributed by atoms with E-state index in [9.17, 15) is 46.1 Å². The van der Waals surface area contributed by atoms with Gasteiger partial charge in [0.05, 0.1) is 35.3 Å². The maximum atomic E-state index is 12.3. The summed E-state index contributed by atoms with van der Waals surface area (Å²) >= 11 is 0. The number of allylic oxidation sites excluding steroid dienone is 4. The van der Waals surface area contributed by atoms with Crippen molar-refractivity contribution in [3.63, 3.8) is 0 Å². The first-order chi connectivity index (χ1) is 64.9. The number of pyridine rings is 4. The Morgan fingerprint density at radius 3 is 0.885 bits per heavy atom. The van der Waals surface area contributed by atoms with Crippen LogP contribution in [0.2, 0.25) is 0 Å². The van der Waals surface area contributed by atoms with E-state index in [1.807, 2.05) is 156 Å². The first-order valence-corrected chi connectivity index (χ1v) is 44.6. The van der Waals surface area contributed by atoms with E-state index in [0.717, 1.165) is 125 Å². The second-order valence-electron chi connectivity index (χ2n) is 34.5. The number of carbonyl (C=O) groups excluding carboxylic acids is 2. The number of aliphatic hydroxyl groups excluding tert-OH is 2. The van der Waals surface area contributed by atoms with Gasteiger partial charge in [-0.15, -0.1) is 139 Å². The van der Waals surface area contributed by atoms with Crippen LogP contribution in [0.15, 0.2) is 194 Å². The summed E-state index contributed by atoms with van der Waals surface area (Å²) in [7, 11) is 0. The third-order valence-electron chi connectivity index (χ3n) is 23.4. The van der Waals surface area contributed by atoms with E-state index >= 15 is 0 Å². The zero-order chi connectivity index (χ0) is 102. The second kappa shape index (κ2) is 52.8.